The Morgan fingerprint density at radius 2 is 1.04 bits per heavy atom. The van der Waals surface area contributed by atoms with Crippen molar-refractivity contribution in [2.45, 2.75) is 0 Å². The summed E-state index contributed by atoms with van der Waals surface area (Å²) in [5.74, 6) is 0.849. The first-order chi connectivity index (χ1) is 22.4. The Morgan fingerprint density at radius 1 is 0.422 bits per heavy atom. The van der Waals surface area contributed by atoms with E-state index in [2.05, 4.69) is 137 Å². The lowest BCUT2D eigenvalue weighted by Crippen LogP contribution is -2.12. The van der Waals surface area contributed by atoms with Gasteiger partial charge in [0.1, 0.15) is 5.82 Å². The van der Waals surface area contributed by atoms with Crippen LogP contribution in [-0.2, 0) is 0 Å². The van der Waals surface area contributed by atoms with Gasteiger partial charge in [-0.05, 0) is 91.0 Å². The smallest absolute Gasteiger partial charge is 0.137 e. The van der Waals surface area contributed by atoms with Crippen LogP contribution in [0.3, 0.4) is 0 Å². The van der Waals surface area contributed by atoms with Gasteiger partial charge >= 0.3 is 0 Å². The topological polar surface area (TPSA) is 29.0 Å². The van der Waals surface area contributed by atoms with Crippen LogP contribution in [0, 0.1) is 0 Å². The molecule has 2 heterocycles. The van der Waals surface area contributed by atoms with E-state index >= 15 is 0 Å². The minimum atomic E-state index is 0.849. The SMILES string of the molecule is c1ccc(-c2c3c(c(-c4ccccc4)c4ccccc24)-c2ccc(N(c4cccnc4)c4ccccn4)c4cccc-3c24)cc1. The van der Waals surface area contributed by atoms with Crippen LogP contribution in [0.1, 0.15) is 0 Å². The second kappa shape index (κ2) is 10.3. The van der Waals surface area contributed by atoms with Gasteiger partial charge < -0.3 is 0 Å². The highest BCUT2D eigenvalue weighted by atomic mass is 15.2. The normalized spacial score (nSPS) is 11.6. The van der Waals surface area contributed by atoms with E-state index in [-0.39, 0.29) is 0 Å². The molecule has 0 saturated heterocycles. The Bertz CT molecular complexity index is 2220. The van der Waals surface area contributed by atoms with Gasteiger partial charge in [0, 0.05) is 17.8 Å². The molecule has 3 heteroatoms. The molecule has 9 rings (SSSR count). The molecule has 1 aliphatic rings. The number of aromatic nitrogens is 2. The van der Waals surface area contributed by atoms with Gasteiger partial charge in [-0.15, -0.1) is 0 Å². The van der Waals surface area contributed by atoms with Crippen LogP contribution in [0.15, 0.2) is 164 Å². The molecule has 0 saturated carbocycles. The third kappa shape index (κ3) is 3.91. The molecule has 8 aromatic rings. The predicted octanol–water partition coefficient (Wildman–Crippen LogP) is 11.2. The Labute approximate surface area is 261 Å². The van der Waals surface area contributed by atoms with Crippen LogP contribution in [-0.4, -0.2) is 9.97 Å². The summed E-state index contributed by atoms with van der Waals surface area (Å²) in [6.45, 7) is 0. The first kappa shape index (κ1) is 25.4. The van der Waals surface area contributed by atoms with Crippen LogP contribution in [0.4, 0.5) is 17.2 Å². The Kier molecular flexibility index (Phi) is 5.82. The van der Waals surface area contributed by atoms with E-state index in [4.69, 9.17) is 4.98 Å². The van der Waals surface area contributed by atoms with Crippen LogP contribution in [0.25, 0.3) is 66.1 Å². The molecule has 0 amide bonds. The number of hydrogen-bond acceptors (Lipinski definition) is 3. The Morgan fingerprint density at radius 3 is 1.67 bits per heavy atom. The quantitative estimate of drug-likeness (QED) is 0.205. The third-order valence-corrected chi connectivity index (χ3v) is 8.92. The van der Waals surface area contributed by atoms with Crippen molar-refractivity contribution in [3.63, 3.8) is 0 Å². The lowest BCUT2D eigenvalue weighted by Gasteiger charge is -2.25. The maximum absolute atomic E-state index is 4.78. The van der Waals surface area contributed by atoms with Crippen LogP contribution >= 0.6 is 0 Å². The molecule has 45 heavy (non-hydrogen) atoms. The van der Waals surface area contributed by atoms with E-state index in [1.54, 1.807) is 0 Å². The maximum atomic E-state index is 4.78. The van der Waals surface area contributed by atoms with Crippen molar-refractivity contribution < 1.29 is 0 Å². The fraction of sp³-hybridized carbons (Fsp3) is 0. The highest BCUT2D eigenvalue weighted by Gasteiger charge is 2.31. The second-order valence-corrected chi connectivity index (χ2v) is 11.4. The highest BCUT2D eigenvalue weighted by molar-refractivity contribution is 6.28. The van der Waals surface area contributed by atoms with E-state index in [1.807, 2.05) is 36.8 Å². The predicted molar refractivity (Wildman–Crippen MR) is 187 cm³/mol. The van der Waals surface area contributed by atoms with Crippen LogP contribution in [0.2, 0.25) is 0 Å². The first-order valence-corrected chi connectivity index (χ1v) is 15.3. The summed E-state index contributed by atoms with van der Waals surface area (Å²) in [5, 5.41) is 4.96. The Balaban J connectivity index is 1.43. The molecule has 0 radical (unpaired) electrons. The zero-order valence-electron chi connectivity index (χ0n) is 24.4. The number of rotatable bonds is 5. The molecule has 0 spiro atoms. The van der Waals surface area contributed by atoms with Gasteiger partial charge in [-0.3, -0.25) is 9.88 Å². The van der Waals surface area contributed by atoms with Gasteiger partial charge in [-0.2, -0.15) is 0 Å². The monoisotopic (exact) mass is 573 g/mol. The maximum Gasteiger partial charge on any atom is 0.137 e. The van der Waals surface area contributed by atoms with Crippen LogP contribution in [0.5, 0.6) is 0 Å². The molecule has 210 valence electrons. The van der Waals surface area contributed by atoms with Crippen LogP contribution < -0.4 is 4.90 Å². The van der Waals surface area contributed by atoms with Gasteiger partial charge in [0.15, 0.2) is 0 Å². The van der Waals surface area contributed by atoms with Gasteiger partial charge in [0.05, 0.1) is 17.6 Å². The van der Waals surface area contributed by atoms with E-state index in [0.29, 0.717) is 0 Å². The van der Waals surface area contributed by atoms with Gasteiger partial charge in [0.25, 0.3) is 0 Å². The summed E-state index contributed by atoms with van der Waals surface area (Å²) in [6.07, 6.45) is 5.56. The molecule has 0 N–H and O–H groups in total. The molecule has 1 aliphatic carbocycles. The van der Waals surface area contributed by atoms with E-state index in [1.165, 1.54) is 66.1 Å². The van der Waals surface area contributed by atoms with Crippen molar-refractivity contribution in [1.82, 2.24) is 9.97 Å². The number of hydrogen-bond donors (Lipinski definition) is 0. The molecule has 0 unspecified atom stereocenters. The average molecular weight is 574 g/mol. The molecule has 2 aromatic heterocycles. The molecule has 0 aliphatic heterocycles. The van der Waals surface area contributed by atoms with Gasteiger partial charge in [-0.1, -0.05) is 115 Å². The van der Waals surface area contributed by atoms with Crippen molar-refractivity contribution in [2.24, 2.45) is 0 Å². The summed E-state index contributed by atoms with van der Waals surface area (Å²) in [4.78, 5) is 11.5. The van der Waals surface area contributed by atoms with E-state index in [9.17, 15) is 0 Å². The minimum absolute atomic E-state index is 0.849. The molecular weight excluding hydrogens is 546 g/mol. The number of anilines is 3. The summed E-state index contributed by atoms with van der Waals surface area (Å²) < 4.78 is 0. The summed E-state index contributed by atoms with van der Waals surface area (Å²) >= 11 is 0. The average Bonchev–Trinajstić information content (AvgIpc) is 3.45. The molecule has 0 bridgehead atoms. The van der Waals surface area contributed by atoms with Crippen molar-refractivity contribution in [3.8, 4) is 44.5 Å². The highest BCUT2D eigenvalue weighted by Crippen LogP contribution is 2.58. The van der Waals surface area contributed by atoms with Crippen molar-refractivity contribution >= 4 is 38.7 Å². The lowest BCUT2D eigenvalue weighted by atomic mass is 9.82. The second-order valence-electron chi connectivity index (χ2n) is 11.4. The van der Waals surface area contributed by atoms with E-state index in [0.717, 1.165) is 17.2 Å². The zero-order valence-corrected chi connectivity index (χ0v) is 24.4. The van der Waals surface area contributed by atoms with Crippen molar-refractivity contribution in [2.75, 3.05) is 4.90 Å². The number of benzene rings is 6. The van der Waals surface area contributed by atoms with Gasteiger partial charge in [-0.25, -0.2) is 4.98 Å². The number of pyridine rings is 2. The molecule has 3 nitrogen and oxygen atoms in total. The standard InChI is InChI=1S/C42H27N3/c1-3-13-28(14-4-1)38-31-18-7-8-19-32(31)39(29-15-5-2-6-16-29)42-35-23-24-36(33-20-11-21-34(40(33)35)41(38)42)45(30-17-12-25-43-27-30)37-22-9-10-26-44-37/h1-27H. The fourth-order valence-corrected chi connectivity index (χ4v) is 7.16. The largest absolute Gasteiger partial charge is 0.293 e. The molecule has 6 aromatic carbocycles. The minimum Gasteiger partial charge on any atom is -0.293 e. The summed E-state index contributed by atoms with van der Waals surface area (Å²) in [7, 11) is 0. The van der Waals surface area contributed by atoms with Crippen molar-refractivity contribution in [3.05, 3.63) is 164 Å². The number of fused-ring (bicyclic) bond motifs is 4. The Hall–Kier alpha value is -6.06. The van der Waals surface area contributed by atoms with Gasteiger partial charge in [0.2, 0.25) is 0 Å². The third-order valence-electron chi connectivity index (χ3n) is 8.92. The zero-order chi connectivity index (χ0) is 29.7. The molecular formula is C42H27N3. The molecule has 0 fully saturated rings. The summed E-state index contributed by atoms with van der Waals surface area (Å²) in [5.41, 5.74) is 12.1. The lowest BCUT2D eigenvalue weighted by molar-refractivity contribution is 1.17. The summed E-state index contributed by atoms with van der Waals surface area (Å²) in [6, 6.07) is 52.0. The number of nitrogens with zero attached hydrogens (tertiary/aromatic N) is 3. The van der Waals surface area contributed by atoms with Crippen molar-refractivity contribution in [1.29, 1.82) is 0 Å². The fourth-order valence-electron chi connectivity index (χ4n) is 7.16. The first-order valence-electron chi connectivity index (χ1n) is 15.3. The van der Waals surface area contributed by atoms with E-state index < -0.39 is 0 Å². The molecule has 0 atom stereocenters.